The third-order valence-corrected chi connectivity index (χ3v) is 7.22. The van der Waals surface area contributed by atoms with Gasteiger partial charge >= 0.3 is 6.08 Å². The molecule has 0 spiro atoms. The van der Waals surface area contributed by atoms with Crippen molar-refractivity contribution in [3.8, 4) is 11.1 Å². The van der Waals surface area contributed by atoms with E-state index in [0.29, 0.717) is 23.3 Å². The molecule has 0 atom stereocenters. The molecule has 0 aliphatic carbocycles. The number of fused-ring (bicyclic) bond motifs is 1. The van der Waals surface area contributed by atoms with E-state index in [-0.39, 0.29) is 15.7 Å². The van der Waals surface area contributed by atoms with Crippen LogP contribution in [0.3, 0.4) is 0 Å². The van der Waals surface area contributed by atoms with Gasteiger partial charge in [-0.25, -0.2) is 18.4 Å². The lowest BCUT2D eigenvalue weighted by atomic mass is 9.98. The number of hydrogen-bond donors (Lipinski definition) is 0. The molecular formula is C23H19ClFN3O2S. The zero-order valence-electron chi connectivity index (χ0n) is 16.9. The fourth-order valence-electron chi connectivity index (χ4n) is 3.59. The second-order valence-electron chi connectivity index (χ2n) is 7.19. The third-order valence-electron chi connectivity index (χ3n) is 5.08. The Morgan fingerprint density at radius 1 is 1.06 bits per heavy atom. The van der Waals surface area contributed by atoms with Crippen LogP contribution in [0.5, 0.6) is 0 Å². The van der Waals surface area contributed by atoms with Gasteiger partial charge in [-0.15, -0.1) is 0 Å². The Morgan fingerprint density at radius 2 is 1.84 bits per heavy atom. The van der Waals surface area contributed by atoms with Crippen molar-refractivity contribution in [2.75, 3.05) is 0 Å². The van der Waals surface area contributed by atoms with Crippen molar-refractivity contribution in [3.63, 3.8) is 0 Å². The Kier molecular flexibility index (Phi) is 5.73. The van der Waals surface area contributed by atoms with E-state index in [1.807, 2.05) is 32.0 Å². The van der Waals surface area contributed by atoms with Gasteiger partial charge in [0, 0.05) is 22.8 Å². The zero-order valence-corrected chi connectivity index (χ0v) is 18.5. The van der Waals surface area contributed by atoms with Gasteiger partial charge in [-0.3, -0.25) is 4.98 Å². The van der Waals surface area contributed by atoms with E-state index in [1.165, 1.54) is 12.3 Å². The Morgan fingerprint density at radius 3 is 2.55 bits per heavy atom. The van der Waals surface area contributed by atoms with Crippen LogP contribution in [0.1, 0.15) is 23.9 Å². The van der Waals surface area contributed by atoms with Gasteiger partial charge in [0.15, 0.2) is 9.84 Å². The summed E-state index contributed by atoms with van der Waals surface area (Å²) in [6, 6.07) is 13.8. The molecule has 0 bridgehead atoms. The summed E-state index contributed by atoms with van der Waals surface area (Å²) in [6.45, 7) is 3.81. The van der Waals surface area contributed by atoms with Gasteiger partial charge in [0.25, 0.3) is 0 Å². The standard InChI is InChI=1S/C23H19ClFN3O2S/c1-3-15-10-16(11-17-12-26-23(25)28-22(15)17)19-9-8-18(27-14(19)2)13-31(29,30)21-7-5-4-6-20(21)24/h4-12H,3,13H2,1-2H3. The van der Waals surface area contributed by atoms with Gasteiger partial charge in [0.1, 0.15) is 0 Å². The van der Waals surface area contributed by atoms with Crippen LogP contribution >= 0.6 is 11.6 Å². The summed E-state index contributed by atoms with van der Waals surface area (Å²) in [5.41, 5.74) is 4.37. The van der Waals surface area contributed by atoms with Crippen LogP contribution in [0.25, 0.3) is 22.0 Å². The number of sulfone groups is 1. The molecule has 0 saturated carbocycles. The van der Waals surface area contributed by atoms with E-state index in [4.69, 9.17) is 11.6 Å². The summed E-state index contributed by atoms with van der Waals surface area (Å²) in [5.74, 6) is -0.247. The molecule has 4 aromatic rings. The van der Waals surface area contributed by atoms with Crippen LogP contribution in [0.2, 0.25) is 5.02 Å². The third kappa shape index (κ3) is 4.29. The summed E-state index contributed by atoms with van der Waals surface area (Å²) in [4.78, 5) is 12.2. The Labute approximate surface area is 184 Å². The van der Waals surface area contributed by atoms with E-state index in [0.717, 1.165) is 22.1 Å². The lowest BCUT2D eigenvalue weighted by Gasteiger charge is -2.12. The number of aromatic nitrogens is 3. The molecular weight excluding hydrogens is 437 g/mol. The fraction of sp³-hybridized carbons (Fsp3) is 0.174. The van der Waals surface area contributed by atoms with Crippen LogP contribution in [-0.2, 0) is 22.0 Å². The molecule has 31 heavy (non-hydrogen) atoms. The average Bonchev–Trinajstić information content (AvgIpc) is 2.73. The number of nitrogens with zero attached hydrogens (tertiary/aromatic N) is 3. The maximum Gasteiger partial charge on any atom is 0.309 e. The smallest absolute Gasteiger partial charge is 0.256 e. The quantitative estimate of drug-likeness (QED) is 0.380. The second kappa shape index (κ2) is 8.32. The van der Waals surface area contributed by atoms with Gasteiger partial charge in [0.05, 0.1) is 26.9 Å². The largest absolute Gasteiger partial charge is 0.309 e. The van der Waals surface area contributed by atoms with Gasteiger partial charge in [-0.2, -0.15) is 4.39 Å². The molecule has 4 rings (SSSR count). The first kappa shape index (κ1) is 21.3. The maximum absolute atomic E-state index is 13.5. The van der Waals surface area contributed by atoms with E-state index < -0.39 is 15.9 Å². The fourth-order valence-corrected chi connectivity index (χ4v) is 5.44. The summed E-state index contributed by atoms with van der Waals surface area (Å²) < 4.78 is 39.0. The number of rotatable bonds is 5. The highest BCUT2D eigenvalue weighted by Crippen LogP contribution is 2.30. The van der Waals surface area contributed by atoms with Crippen molar-refractivity contribution in [1.82, 2.24) is 15.0 Å². The summed E-state index contributed by atoms with van der Waals surface area (Å²) >= 11 is 6.06. The minimum atomic E-state index is -3.63. The molecule has 0 aliphatic heterocycles. The van der Waals surface area contributed by atoms with Gasteiger partial charge < -0.3 is 0 Å². The minimum absolute atomic E-state index is 0.0922. The summed E-state index contributed by atoms with van der Waals surface area (Å²) in [5, 5.41) is 0.929. The highest BCUT2D eigenvalue weighted by atomic mass is 35.5. The van der Waals surface area contributed by atoms with E-state index in [9.17, 15) is 12.8 Å². The monoisotopic (exact) mass is 455 g/mol. The number of aryl methyl sites for hydroxylation is 2. The highest BCUT2D eigenvalue weighted by Gasteiger charge is 2.20. The van der Waals surface area contributed by atoms with Crippen molar-refractivity contribution in [2.24, 2.45) is 0 Å². The molecule has 2 heterocycles. The maximum atomic E-state index is 13.5. The molecule has 0 unspecified atom stereocenters. The first-order chi connectivity index (χ1) is 14.8. The van der Waals surface area contributed by atoms with Gasteiger partial charge in [-0.1, -0.05) is 36.7 Å². The second-order valence-corrected chi connectivity index (χ2v) is 9.56. The average molecular weight is 456 g/mol. The number of benzene rings is 2. The number of pyridine rings is 1. The lowest BCUT2D eigenvalue weighted by molar-refractivity contribution is 0.544. The number of hydrogen-bond acceptors (Lipinski definition) is 5. The minimum Gasteiger partial charge on any atom is -0.256 e. The molecule has 0 saturated heterocycles. The molecule has 158 valence electrons. The zero-order chi connectivity index (χ0) is 22.2. The van der Waals surface area contributed by atoms with Crippen LogP contribution in [-0.4, -0.2) is 23.4 Å². The molecule has 0 fully saturated rings. The molecule has 5 nitrogen and oxygen atoms in total. The van der Waals surface area contributed by atoms with Crippen molar-refractivity contribution >= 4 is 32.3 Å². The molecule has 0 N–H and O–H groups in total. The van der Waals surface area contributed by atoms with Gasteiger partial charge in [0.2, 0.25) is 0 Å². The van der Waals surface area contributed by atoms with Crippen molar-refractivity contribution in [3.05, 3.63) is 82.8 Å². The molecule has 2 aromatic carbocycles. The Balaban J connectivity index is 1.71. The van der Waals surface area contributed by atoms with Crippen LogP contribution in [0.4, 0.5) is 4.39 Å². The molecule has 2 aromatic heterocycles. The normalized spacial score (nSPS) is 11.7. The lowest BCUT2D eigenvalue weighted by Crippen LogP contribution is -2.08. The van der Waals surface area contributed by atoms with E-state index in [1.54, 1.807) is 24.3 Å². The predicted octanol–water partition coefficient (Wildman–Crippen LogP) is 5.33. The Hall–Kier alpha value is -2.90. The molecule has 0 aliphatic rings. The first-order valence-corrected chi connectivity index (χ1v) is 11.7. The molecule has 0 amide bonds. The first-order valence-electron chi connectivity index (χ1n) is 9.68. The molecule has 0 radical (unpaired) electrons. The van der Waals surface area contributed by atoms with Crippen LogP contribution in [0, 0.1) is 13.0 Å². The van der Waals surface area contributed by atoms with E-state index in [2.05, 4.69) is 15.0 Å². The summed E-state index contributed by atoms with van der Waals surface area (Å²) in [7, 11) is -3.63. The predicted molar refractivity (Wildman–Crippen MR) is 119 cm³/mol. The van der Waals surface area contributed by atoms with Crippen molar-refractivity contribution < 1.29 is 12.8 Å². The van der Waals surface area contributed by atoms with Crippen LogP contribution < -0.4 is 0 Å². The van der Waals surface area contributed by atoms with Crippen molar-refractivity contribution in [1.29, 1.82) is 0 Å². The topological polar surface area (TPSA) is 72.8 Å². The van der Waals surface area contributed by atoms with E-state index >= 15 is 0 Å². The summed E-state index contributed by atoms with van der Waals surface area (Å²) in [6.07, 6.45) is 1.39. The molecule has 8 heteroatoms. The highest BCUT2D eigenvalue weighted by molar-refractivity contribution is 7.90. The van der Waals surface area contributed by atoms with Gasteiger partial charge in [-0.05, 0) is 54.8 Å². The SMILES string of the molecule is CCc1cc(-c2ccc(CS(=O)(=O)c3ccccc3Cl)nc2C)cc2cnc(F)nc12. The van der Waals surface area contributed by atoms with Crippen molar-refractivity contribution in [2.45, 2.75) is 30.9 Å². The number of halogens is 2. The van der Waals surface area contributed by atoms with Crippen LogP contribution in [0.15, 0.2) is 59.6 Å². The Bertz CT molecular complexity index is 1410.